The molecular weight excluding hydrogens is 202 g/mol. The van der Waals surface area contributed by atoms with Crippen LogP contribution >= 0.6 is 0 Å². The van der Waals surface area contributed by atoms with Gasteiger partial charge in [0.15, 0.2) is 0 Å². The summed E-state index contributed by atoms with van der Waals surface area (Å²) in [6.45, 7) is 3.94. The molecule has 4 heteroatoms. The molecule has 0 amide bonds. The summed E-state index contributed by atoms with van der Waals surface area (Å²) < 4.78 is 7.04. The lowest BCUT2D eigenvalue weighted by Gasteiger charge is -2.09. The number of nitrogens with two attached hydrogens (primary N) is 1. The highest BCUT2D eigenvalue weighted by Crippen LogP contribution is 2.22. The minimum Gasteiger partial charge on any atom is -0.497 e. The largest absolute Gasteiger partial charge is 0.497 e. The Hall–Kier alpha value is -1.97. The molecule has 4 nitrogen and oxygen atoms in total. The molecule has 0 bridgehead atoms. The van der Waals surface area contributed by atoms with Crippen molar-refractivity contribution in [2.75, 3.05) is 12.8 Å². The van der Waals surface area contributed by atoms with Gasteiger partial charge in [-0.2, -0.15) is 0 Å². The molecule has 1 aromatic heterocycles. The van der Waals surface area contributed by atoms with Crippen molar-refractivity contribution in [1.29, 1.82) is 0 Å². The van der Waals surface area contributed by atoms with Crippen molar-refractivity contribution in [3.8, 4) is 11.4 Å². The molecule has 0 aliphatic carbocycles. The van der Waals surface area contributed by atoms with Crippen LogP contribution in [0, 0.1) is 13.8 Å². The van der Waals surface area contributed by atoms with Gasteiger partial charge < -0.3 is 10.5 Å². The highest BCUT2D eigenvalue weighted by atomic mass is 16.5. The first-order chi connectivity index (χ1) is 7.61. The van der Waals surface area contributed by atoms with Crippen LogP contribution in [0.5, 0.6) is 5.75 Å². The first kappa shape index (κ1) is 10.5. The molecule has 84 valence electrons. The van der Waals surface area contributed by atoms with E-state index in [9.17, 15) is 0 Å². The smallest absolute Gasteiger partial charge is 0.205 e. The lowest BCUT2D eigenvalue weighted by Crippen LogP contribution is -2.01. The van der Waals surface area contributed by atoms with E-state index in [1.165, 1.54) is 0 Å². The van der Waals surface area contributed by atoms with Crippen LogP contribution in [0.1, 0.15) is 11.3 Å². The SMILES string of the molecule is COc1ccc(-n2cc(C)nc2N)c(C)c1. The number of nitrogen functional groups attached to an aromatic ring is 1. The normalized spacial score (nSPS) is 10.4. The molecular formula is C12H15N3O. The number of rotatable bonds is 2. The van der Waals surface area contributed by atoms with Crippen LogP contribution in [0.25, 0.3) is 5.69 Å². The number of imidazole rings is 1. The van der Waals surface area contributed by atoms with Crippen LogP contribution in [0.4, 0.5) is 5.95 Å². The van der Waals surface area contributed by atoms with E-state index in [0.29, 0.717) is 5.95 Å². The van der Waals surface area contributed by atoms with Crippen molar-refractivity contribution in [2.45, 2.75) is 13.8 Å². The van der Waals surface area contributed by atoms with Crippen LogP contribution in [0.15, 0.2) is 24.4 Å². The molecule has 0 aliphatic rings. The first-order valence-electron chi connectivity index (χ1n) is 5.08. The van der Waals surface area contributed by atoms with E-state index in [-0.39, 0.29) is 0 Å². The van der Waals surface area contributed by atoms with E-state index in [2.05, 4.69) is 4.98 Å². The van der Waals surface area contributed by atoms with Gasteiger partial charge in [-0.3, -0.25) is 4.57 Å². The van der Waals surface area contributed by atoms with Gasteiger partial charge in [0.2, 0.25) is 5.95 Å². The average molecular weight is 217 g/mol. The fourth-order valence-corrected chi connectivity index (χ4v) is 1.73. The third kappa shape index (κ3) is 1.74. The lowest BCUT2D eigenvalue weighted by molar-refractivity contribution is 0.414. The topological polar surface area (TPSA) is 53.1 Å². The van der Waals surface area contributed by atoms with Crippen LogP contribution in [-0.4, -0.2) is 16.7 Å². The van der Waals surface area contributed by atoms with Crippen molar-refractivity contribution in [1.82, 2.24) is 9.55 Å². The number of anilines is 1. The molecule has 1 heterocycles. The molecule has 0 radical (unpaired) electrons. The second-order valence-electron chi connectivity index (χ2n) is 3.76. The van der Waals surface area contributed by atoms with Crippen molar-refractivity contribution >= 4 is 5.95 Å². The van der Waals surface area contributed by atoms with Gasteiger partial charge in [-0.1, -0.05) is 0 Å². The summed E-state index contributed by atoms with van der Waals surface area (Å²) >= 11 is 0. The summed E-state index contributed by atoms with van der Waals surface area (Å²) in [6.07, 6.45) is 1.92. The Morgan fingerprint density at radius 2 is 2.06 bits per heavy atom. The van der Waals surface area contributed by atoms with Crippen LogP contribution in [0.2, 0.25) is 0 Å². The molecule has 0 atom stereocenters. The molecule has 2 N–H and O–H groups in total. The second kappa shape index (κ2) is 3.89. The fraction of sp³-hybridized carbons (Fsp3) is 0.250. The van der Waals surface area contributed by atoms with Gasteiger partial charge in [0.1, 0.15) is 5.75 Å². The number of hydrogen-bond donors (Lipinski definition) is 1. The molecule has 16 heavy (non-hydrogen) atoms. The van der Waals surface area contributed by atoms with Gasteiger partial charge >= 0.3 is 0 Å². The van der Waals surface area contributed by atoms with Crippen LogP contribution in [-0.2, 0) is 0 Å². The quantitative estimate of drug-likeness (QED) is 0.837. The van der Waals surface area contributed by atoms with Crippen molar-refractivity contribution in [3.63, 3.8) is 0 Å². The number of methoxy groups -OCH3 is 1. The van der Waals surface area contributed by atoms with Gasteiger partial charge in [-0.05, 0) is 37.6 Å². The summed E-state index contributed by atoms with van der Waals surface area (Å²) in [5.41, 5.74) is 8.87. The number of ether oxygens (including phenoxy) is 1. The summed E-state index contributed by atoms with van der Waals surface area (Å²) in [4.78, 5) is 4.18. The Morgan fingerprint density at radius 3 is 2.56 bits per heavy atom. The highest BCUT2D eigenvalue weighted by molar-refractivity contribution is 5.49. The number of aryl methyl sites for hydroxylation is 2. The maximum Gasteiger partial charge on any atom is 0.205 e. The number of hydrogen-bond acceptors (Lipinski definition) is 3. The molecule has 2 rings (SSSR count). The maximum absolute atomic E-state index is 5.83. The zero-order chi connectivity index (χ0) is 11.7. The lowest BCUT2D eigenvalue weighted by atomic mass is 10.2. The second-order valence-corrected chi connectivity index (χ2v) is 3.76. The Labute approximate surface area is 94.7 Å². The summed E-state index contributed by atoms with van der Waals surface area (Å²) in [5, 5.41) is 0. The molecule has 0 spiro atoms. The van der Waals surface area contributed by atoms with Crippen LogP contribution < -0.4 is 10.5 Å². The molecule has 1 aromatic carbocycles. The standard InChI is InChI=1S/C12H15N3O/c1-8-6-10(16-3)4-5-11(8)15-7-9(2)14-12(15)13/h4-7H,1-3H3,(H2,13,14). The van der Waals surface area contributed by atoms with Crippen LogP contribution in [0.3, 0.4) is 0 Å². The average Bonchev–Trinajstić information content (AvgIpc) is 2.57. The Bertz CT molecular complexity index is 517. The Morgan fingerprint density at radius 1 is 1.31 bits per heavy atom. The maximum atomic E-state index is 5.83. The summed E-state index contributed by atoms with van der Waals surface area (Å²) in [5.74, 6) is 1.35. The Kier molecular flexibility index (Phi) is 2.56. The molecule has 0 saturated heterocycles. The van der Waals surface area contributed by atoms with E-state index < -0.39 is 0 Å². The number of aromatic nitrogens is 2. The molecule has 0 fully saturated rings. The summed E-state index contributed by atoms with van der Waals surface area (Å²) in [7, 11) is 1.66. The predicted molar refractivity (Wildman–Crippen MR) is 64.0 cm³/mol. The molecule has 0 unspecified atom stereocenters. The van der Waals surface area contributed by atoms with Crippen molar-refractivity contribution < 1.29 is 4.74 Å². The number of benzene rings is 1. The first-order valence-corrected chi connectivity index (χ1v) is 5.08. The van der Waals surface area contributed by atoms with E-state index in [1.54, 1.807) is 7.11 Å². The molecule has 2 aromatic rings. The van der Waals surface area contributed by atoms with Gasteiger partial charge in [-0.15, -0.1) is 0 Å². The highest BCUT2D eigenvalue weighted by Gasteiger charge is 2.07. The third-order valence-electron chi connectivity index (χ3n) is 2.52. The van der Waals surface area contributed by atoms with Gasteiger partial charge in [0, 0.05) is 6.20 Å². The van der Waals surface area contributed by atoms with Gasteiger partial charge in [0.25, 0.3) is 0 Å². The Balaban J connectivity index is 2.52. The monoisotopic (exact) mass is 217 g/mol. The fourth-order valence-electron chi connectivity index (χ4n) is 1.73. The third-order valence-corrected chi connectivity index (χ3v) is 2.52. The van der Waals surface area contributed by atoms with Crippen molar-refractivity contribution in [2.24, 2.45) is 0 Å². The van der Waals surface area contributed by atoms with E-state index in [0.717, 1.165) is 22.7 Å². The van der Waals surface area contributed by atoms with Crippen molar-refractivity contribution in [3.05, 3.63) is 35.7 Å². The summed E-state index contributed by atoms with van der Waals surface area (Å²) in [6, 6.07) is 5.87. The van der Waals surface area contributed by atoms with E-state index in [4.69, 9.17) is 10.5 Å². The zero-order valence-corrected chi connectivity index (χ0v) is 9.69. The van der Waals surface area contributed by atoms with Gasteiger partial charge in [-0.25, -0.2) is 4.98 Å². The zero-order valence-electron chi connectivity index (χ0n) is 9.69. The number of nitrogens with zero attached hydrogens (tertiary/aromatic N) is 2. The predicted octanol–water partition coefficient (Wildman–Crippen LogP) is 2.08. The minimum atomic E-state index is 0.505. The molecule has 0 saturated carbocycles. The minimum absolute atomic E-state index is 0.505. The molecule has 0 aliphatic heterocycles. The van der Waals surface area contributed by atoms with E-state index in [1.807, 2.05) is 42.8 Å². The van der Waals surface area contributed by atoms with Gasteiger partial charge in [0.05, 0.1) is 18.5 Å². The van der Waals surface area contributed by atoms with E-state index >= 15 is 0 Å².